The molecule has 0 aliphatic carbocycles. The highest BCUT2D eigenvalue weighted by Crippen LogP contribution is 2.39. The summed E-state index contributed by atoms with van der Waals surface area (Å²) < 4.78 is 17.4. The zero-order chi connectivity index (χ0) is 26.9. The summed E-state index contributed by atoms with van der Waals surface area (Å²) in [4.78, 5) is 0. The van der Waals surface area contributed by atoms with Crippen LogP contribution in [-0.2, 0) is 16.1 Å². The van der Waals surface area contributed by atoms with Crippen LogP contribution in [0, 0.1) is 11.8 Å². The highest BCUT2D eigenvalue weighted by atomic mass is 16.6. The molecule has 3 N–H and O–H groups in total. The molecule has 0 unspecified atom stereocenters. The van der Waals surface area contributed by atoms with Crippen LogP contribution in [-0.4, -0.2) is 52.1 Å². The summed E-state index contributed by atoms with van der Waals surface area (Å²) in [5.41, 5.74) is 0.292. The number of methoxy groups -OCH3 is 1. The Labute approximate surface area is 217 Å². The van der Waals surface area contributed by atoms with E-state index in [1.807, 2.05) is 37.3 Å². The van der Waals surface area contributed by atoms with Crippen LogP contribution < -0.4 is 4.74 Å². The molecule has 1 aliphatic heterocycles. The topological polar surface area (TPSA) is 88.4 Å². The van der Waals surface area contributed by atoms with Crippen LogP contribution in [0.4, 0.5) is 0 Å². The number of allylic oxidation sites excluding steroid dienone is 1. The van der Waals surface area contributed by atoms with E-state index in [0.717, 1.165) is 16.9 Å². The van der Waals surface area contributed by atoms with Crippen molar-refractivity contribution >= 4 is 0 Å². The van der Waals surface area contributed by atoms with Crippen molar-refractivity contribution in [2.24, 2.45) is 11.8 Å². The Kier molecular flexibility index (Phi) is 11.4. The first kappa shape index (κ1) is 30.3. The molecule has 6 heteroatoms. The molecule has 0 bridgehead atoms. The van der Waals surface area contributed by atoms with Crippen molar-refractivity contribution in [1.29, 1.82) is 0 Å². The fourth-order valence-electron chi connectivity index (χ4n) is 4.45. The van der Waals surface area contributed by atoms with Gasteiger partial charge in [-0.1, -0.05) is 56.4 Å². The van der Waals surface area contributed by atoms with E-state index in [1.165, 1.54) is 0 Å². The van der Waals surface area contributed by atoms with Crippen molar-refractivity contribution in [3.63, 3.8) is 0 Å². The molecule has 1 aromatic carbocycles. The lowest BCUT2D eigenvalue weighted by atomic mass is 9.83. The fraction of sp³-hybridized carbons (Fsp3) is 0.600. The quantitative estimate of drug-likeness (QED) is 0.298. The van der Waals surface area contributed by atoms with E-state index < -0.39 is 17.5 Å². The van der Waals surface area contributed by atoms with Crippen molar-refractivity contribution in [1.82, 2.24) is 0 Å². The molecule has 0 aromatic heterocycles. The molecule has 36 heavy (non-hydrogen) atoms. The lowest BCUT2D eigenvalue weighted by Gasteiger charge is -2.45. The predicted octanol–water partition coefficient (Wildman–Crippen LogP) is 5.32. The van der Waals surface area contributed by atoms with Crippen molar-refractivity contribution in [3.8, 4) is 5.75 Å². The molecule has 1 saturated heterocycles. The van der Waals surface area contributed by atoms with Crippen molar-refractivity contribution in [3.05, 3.63) is 66.8 Å². The second-order valence-corrected chi connectivity index (χ2v) is 10.6. The van der Waals surface area contributed by atoms with Crippen molar-refractivity contribution in [2.75, 3.05) is 7.11 Å². The number of hydrogen-bond acceptors (Lipinski definition) is 6. The van der Waals surface area contributed by atoms with E-state index in [4.69, 9.17) is 14.2 Å². The minimum Gasteiger partial charge on any atom is -0.497 e. The number of aliphatic hydroxyl groups excluding tert-OH is 1. The maximum atomic E-state index is 11.2. The Morgan fingerprint density at radius 1 is 1.22 bits per heavy atom. The Morgan fingerprint density at radius 3 is 2.47 bits per heavy atom. The lowest BCUT2D eigenvalue weighted by Crippen LogP contribution is -2.56. The molecular weight excluding hydrogens is 456 g/mol. The number of ether oxygens (including phenoxy) is 3. The zero-order valence-electron chi connectivity index (χ0n) is 22.7. The van der Waals surface area contributed by atoms with Gasteiger partial charge in [0, 0.05) is 6.42 Å². The summed E-state index contributed by atoms with van der Waals surface area (Å²) in [6.07, 6.45) is 7.17. The summed E-state index contributed by atoms with van der Waals surface area (Å²) in [7, 11) is 1.64. The normalized spacial score (nSPS) is 25.7. The summed E-state index contributed by atoms with van der Waals surface area (Å²) in [6, 6.07) is 7.78. The molecule has 202 valence electrons. The molecular formula is C30H46O6. The van der Waals surface area contributed by atoms with Crippen LogP contribution >= 0.6 is 0 Å². The molecule has 0 spiro atoms. The van der Waals surface area contributed by atoms with Gasteiger partial charge < -0.3 is 29.5 Å². The van der Waals surface area contributed by atoms with Gasteiger partial charge in [-0.25, -0.2) is 0 Å². The summed E-state index contributed by atoms with van der Waals surface area (Å²) in [5.74, 6) is -0.765. The van der Waals surface area contributed by atoms with E-state index in [-0.39, 0.29) is 30.5 Å². The van der Waals surface area contributed by atoms with E-state index in [1.54, 1.807) is 33.1 Å². The second kappa shape index (κ2) is 13.5. The Bertz CT molecular complexity index is 859. The predicted molar refractivity (Wildman–Crippen MR) is 144 cm³/mol. The lowest BCUT2D eigenvalue weighted by molar-refractivity contribution is -0.305. The van der Waals surface area contributed by atoms with Crippen LogP contribution in [0.5, 0.6) is 5.75 Å². The molecule has 7 atom stereocenters. The van der Waals surface area contributed by atoms with Crippen LogP contribution in [0.15, 0.2) is 61.2 Å². The molecule has 0 amide bonds. The van der Waals surface area contributed by atoms with Gasteiger partial charge in [0.1, 0.15) is 11.4 Å². The number of benzene rings is 1. The molecule has 0 saturated carbocycles. The van der Waals surface area contributed by atoms with Crippen LogP contribution in [0.3, 0.4) is 0 Å². The van der Waals surface area contributed by atoms with Crippen LogP contribution in [0.1, 0.15) is 65.4 Å². The van der Waals surface area contributed by atoms with Gasteiger partial charge in [0.2, 0.25) is 5.79 Å². The third kappa shape index (κ3) is 8.56. The van der Waals surface area contributed by atoms with Crippen molar-refractivity contribution < 1.29 is 29.5 Å². The SMILES string of the molecule is C=CC[C@H]1CC(=C)C[C@@](O)([C@](C)(O)/C=C/C[C@@H](C)[C@H](C[C@H](C)[C@H](C)O)OCc2ccc(OC)cc2)O1. The van der Waals surface area contributed by atoms with Gasteiger partial charge in [0.15, 0.2) is 0 Å². The molecule has 1 aromatic rings. The van der Waals surface area contributed by atoms with Crippen LogP contribution in [0.2, 0.25) is 0 Å². The van der Waals surface area contributed by atoms with E-state index in [9.17, 15) is 15.3 Å². The van der Waals surface area contributed by atoms with Gasteiger partial charge in [-0.15, -0.1) is 6.58 Å². The molecule has 0 radical (unpaired) electrons. The minimum absolute atomic E-state index is 0.0737. The summed E-state index contributed by atoms with van der Waals surface area (Å²) in [5, 5.41) is 32.4. The average molecular weight is 503 g/mol. The van der Waals surface area contributed by atoms with Crippen LogP contribution in [0.25, 0.3) is 0 Å². The Morgan fingerprint density at radius 2 is 1.89 bits per heavy atom. The van der Waals surface area contributed by atoms with Gasteiger partial charge in [-0.2, -0.15) is 0 Å². The largest absolute Gasteiger partial charge is 0.497 e. The highest BCUT2D eigenvalue weighted by molar-refractivity contribution is 5.26. The van der Waals surface area contributed by atoms with E-state index >= 15 is 0 Å². The maximum absolute atomic E-state index is 11.2. The smallest absolute Gasteiger partial charge is 0.202 e. The van der Waals surface area contributed by atoms with E-state index in [2.05, 4.69) is 20.1 Å². The zero-order valence-corrected chi connectivity index (χ0v) is 22.7. The van der Waals surface area contributed by atoms with Gasteiger partial charge >= 0.3 is 0 Å². The van der Waals surface area contributed by atoms with Gasteiger partial charge in [-0.3, -0.25) is 0 Å². The first-order valence-electron chi connectivity index (χ1n) is 12.9. The Balaban J connectivity index is 2.07. The summed E-state index contributed by atoms with van der Waals surface area (Å²) >= 11 is 0. The molecule has 1 aliphatic rings. The Hall–Kier alpha value is -1.96. The number of rotatable bonds is 14. The van der Waals surface area contributed by atoms with Gasteiger partial charge in [0.25, 0.3) is 0 Å². The molecule has 2 rings (SSSR count). The standard InChI is InChI=1S/C30H46O6/c1-8-10-27-17-21(2)19-30(33,36-27)29(6,32)16-9-11-22(3)28(18-23(4)24(5)31)35-20-25-12-14-26(34-7)15-13-25/h8-9,12-16,22-24,27-28,31-33H,1-2,10-11,17-20H2,3-7H3/b16-9+/t22-,23+,24+,27+,28+,29-,30+/m1/s1. The number of hydrogen-bond donors (Lipinski definition) is 3. The second-order valence-electron chi connectivity index (χ2n) is 10.6. The fourth-order valence-corrected chi connectivity index (χ4v) is 4.45. The van der Waals surface area contributed by atoms with Gasteiger partial charge in [0.05, 0.1) is 32.0 Å². The molecule has 6 nitrogen and oxygen atoms in total. The average Bonchev–Trinajstić information content (AvgIpc) is 2.81. The number of aliphatic hydroxyl groups is 3. The van der Waals surface area contributed by atoms with Gasteiger partial charge in [-0.05, 0) is 69.1 Å². The third-order valence-electron chi connectivity index (χ3n) is 7.22. The maximum Gasteiger partial charge on any atom is 0.202 e. The van der Waals surface area contributed by atoms with Crippen molar-refractivity contribution in [2.45, 2.75) is 96.1 Å². The monoisotopic (exact) mass is 502 g/mol. The third-order valence-corrected chi connectivity index (χ3v) is 7.22. The first-order valence-corrected chi connectivity index (χ1v) is 12.9. The first-order chi connectivity index (χ1) is 16.9. The molecule has 1 fully saturated rings. The summed E-state index contributed by atoms with van der Waals surface area (Å²) in [6.45, 7) is 15.7. The van der Waals surface area contributed by atoms with E-state index in [0.29, 0.717) is 32.3 Å². The minimum atomic E-state index is -1.75. The molecule has 1 heterocycles. The highest BCUT2D eigenvalue weighted by Gasteiger charge is 2.49.